The van der Waals surface area contributed by atoms with E-state index in [1.165, 1.54) is 0 Å². The van der Waals surface area contributed by atoms with Gasteiger partial charge < -0.3 is 9.30 Å². The smallest absolute Gasteiger partial charge is 0.124 e. The van der Waals surface area contributed by atoms with Crippen molar-refractivity contribution in [2.45, 2.75) is 0 Å². The summed E-state index contributed by atoms with van der Waals surface area (Å²) in [6.07, 6.45) is -0.799. The Balaban J connectivity index is 2.78. The Morgan fingerprint density at radius 2 is 2.29 bits per heavy atom. The number of hydrogen-bond acceptors (Lipinski definition) is 2. The number of rotatable bonds is 2. The molecule has 2 rings (SSSR count). The van der Waals surface area contributed by atoms with Crippen molar-refractivity contribution in [1.29, 1.82) is 0 Å². The Kier molecular flexibility index (Phi) is 0.926. The van der Waals surface area contributed by atoms with Gasteiger partial charge in [0.1, 0.15) is 18.0 Å². The highest BCUT2D eigenvalue weighted by Crippen LogP contribution is 2.16. The zero-order valence-electron chi connectivity index (χ0n) is 15.7. The highest BCUT2D eigenvalue weighted by molar-refractivity contribution is 9.10. The van der Waals surface area contributed by atoms with E-state index < -0.39 is 43.3 Å². The SMILES string of the molecule is [2H]c1c([2H])c(-n2c([2H])nc(Br)c2[2H])c([2H])c([2H])c1OC([2H])([2H])[2H]. The molecule has 0 saturated carbocycles. The van der Waals surface area contributed by atoms with Gasteiger partial charge in [-0.25, -0.2) is 4.98 Å². The molecule has 14 heavy (non-hydrogen) atoms. The van der Waals surface area contributed by atoms with Crippen LogP contribution in [0.5, 0.6) is 5.75 Å². The van der Waals surface area contributed by atoms with Gasteiger partial charge >= 0.3 is 0 Å². The van der Waals surface area contributed by atoms with Crippen LogP contribution in [-0.4, -0.2) is 16.6 Å². The molecule has 0 unspecified atom stereocenters. The summed E-state index contributed by atoms with van der Waals surface area (Å²) in [5, 5.41) is 0. The second-order valence-electron chi connectivity index (χ2n) is 2.23. The summed E-state index contributed by atoms with van der Waals surface area (Å²) in [6.45, 7) is 0. The molecule has 1 heterocycles. The van der Waals surface area contributed by atoms with E-state index in [1.807, 2.05) is 0 Å². The summed E-state index contributed by atoms with van der Waals surface area (Å²) in [7, 11) is -2.94. The molecule has 0 aliphatic rings. The van der Waals surface area contributed by atoms with E-state index in [0.717, 1.165) is 4.57 Å². The Morgan fingerprint density at radius 3 is 2.86 bits per heavy atom. The predicted octanol–water partition coefficient (Wildman–Crippen LogP) is 2.64. The summed E-state index contributed by atoms with van der Waals surface area (Å²) in [5.41, 5.74) is -0.383. The van der Waals surface area contributed by atoms with E-state index in [4.69, 9.17) is 12.3 Å². The van der Waals surface area contributed by atoms with Gasteiger partial charge in [0.15, 0.2) is 0 Å². The van der Waals surface area contributed by atoms with Crippen molar-refractivity contribution in [2.24, 2.45) is 0 Å². The molecule has 3 nitrogen and oxygen atoms in total. The molecule has 72 valence electrons. The van der Waals surface area contributed by atoms with Crippen molar-refractivity contribution in [3.8, 4) is 11.4 Å². The number of nitrogens with zero attached hydrogens (tertiary/aromatic N) is 2. The molecule has 4 heteroatoms. The second kappa shape index (κ2) is 3.84. The van der Waals surface area contributed by atoms with Gasteiger partial charge in [-0.3, -0.25) is 0 Å². The zero-order chi connectivity index (χ0) is 17.7. The van der Waals surface area contributed by atoms with Gasteiger partial charge in [-0.05, 0) is 40.1 Å². The maximum atomic E-state index is 7.94. The molecule has 1 aromatic carbocycles. The molecule has 0 saturated heterocycles. The fourth-order valence-electron chi connectivity index (χ4n) is 0.799. The Hall–Kier alpha value is -1.29. The number of methoxy groups -OCH3 is 1. The molecule has 0 aliphatic heterocycles. The maximum Gasteiger partial charge on any atom is 0.124 e. The van der Waals surface area contributed by atoms with Gasteiger partial charge in [0, 0.05) is 11.9 Å². The van der Waals surface area contributed by atoms with Crippen LogP contribution in [0, 0.1) is 0 Å². The number of ether oxygens (including phenoxy) is 1. The number of aromatic nitrogens is 2. The highest BCUT2D eigenvalue weighted by atomic mass is 79.9. The summed E-state index contributed by atoms with van der Waals surface area (Å²) < 4.78 is 73.5. The van der Waals surface area contributed by atoms with Crippen molar-refractivity contribution in [1.82, 2.24) is 9.55 Å². The van der Waals surface area contributed by atoms with Gasteiger partial charge in [0.25, 0.3) is 0 Å². The third-order valence-electron chi connectivity index (χ3n) is 1.37. The summed E-state index contributed by atoms with van der Waals surface area (Å²) in [5.74, 6) is -0.721. The molecular formula is C10H9BrN2O. The molecule has 0 atom stereocenters. The zero-order valence-corrected chi connectivity index (χ0v) is 8.27. The molecule has 1 aromatic heterocycles. The minimum absolute atomic E-state index is 0.00202. The summed E-state index contributed by atoms with van der Waals surface area (Å²) >= 11 is 2.95. The lowest BCUT2D eigenvalue weighted by Gasteiger charge is -2.03. The molecule has 0 amide bonds. The lowest BCUT2D eigenvalue weighted by Crippen LogP contribution is -1.89. The first-order valence-corrected chi connectivity index (χ1v) is 4.26. The Morgan fingerprint density at radius 1 is 1.50 bits per heavy atom. The van der Waals surface area contributed by atoms with E-state index in [0.29, 0.717) is 0 Å². The van der Waals surface area contributed by atoms with E-state index in [-0.39, 0.29) is 16.5 Å². The standard InChI is InChI=1S/C10H9BrN2O/c1-14-9-4-2-8(3-5-9)13-6-10(11)12-7-13/h2-7H,1H3/i1D3,2D,3D,4D,5D,6D,7D. The van der Waals surface area contributed by atoms with Crippen LogP contribution in [0.2, 0.25) is 0 Å². The maximum absolute atomic E-state index is 7.94. The molecule has 0 fully saturated rings. The Bertz CT molecular complexity index is 757. The largest absolute Gasteiger partial charge is 0.497 e. The lowest BCUT2D eigenvalue weighted by atomic mass is 10.3. The molecule has 2 aromatic rings. The number of hydrogen-bond donors (Lipinski definition) is 0. The van der Waals surface area contributed by atoms with Crippen LogP contribution in [0.25, 0.3) is 5.69 Å². The van der Waals surface area contributed by atoms with E-state index >= 15 is 0 Å². The summed E-state index contributed by atoms with van der Waals surface area (Å²) in [4.78, 5) is 3.66. The number of halogens is 1. The van der Waals surface area contributed by atoms with Crippen LogP contribution >= 0.6 is 15.9 Å². The topological polar surface area (TPSA) is 27.1 Å². The third kappa shape index (κ3) is 1.80. The fourth-order valence-corrected chi connectivity index (χ4v) is 1.06. The first-order valence-electron chi connectivity index (χ1n) is 7.97. The highest BCUT2D eigenvalue weighted by Gasteiger charge is 1.98. The van der Waals surface area contributed by atoms with Crippen LogP contribution in [0.4, 0.5) is 0 Å². The molecular weight excluding hydrogens is 244 g/mol. The molecule has 0 radical (unpaired) electrons. The van der Waals surface area contributed by atoms with Crippen LogP contribution in [0.1, 0.15) is 12.3 Å². The van der Waals surface area contributed by atoms with Crippen molar-refractivity contribution in [2.75, 3.05) is 7.04 Å². The van der Waals surface area contributed by atoms with Gasteiger partial charge in [0.2, 0.25) is 0 Å². The van der Waals surface area contributed by atoms with Crippen molar-refractivity contribution >= 4 is 15.9 Å². The molecule has 0 N–H and O–H groups in total. The van der Waals surface area contributed by atoms with Crippen molar-refractivity contribution < 1.29 is 17.1 Å². The van der Waals surface area contributed by atoms with Crippen molar-refractivity contribution in [3.05, 3.63) is 41.2 Å². The first kappa shape index (κ1) is 3.38. The number of benzene rings is 1. The molecule has 0 spiro atoms. The normalized spacial score (nSPS) is 20.2. The molecule has 0 bridgehead atoms. The van der Waals surface area contributed by atoms with E-state index in [2.05, 4.69) is 25.7 Å². The first-order chi connectivity index (χ1) is 10.5. The third-order valence-corrected chi connectivity index (χ3v) is 1.72. The van der Waals surface area contributed by atoms with Gasteiger partial charge in [0.05, 0.1) is 18.0 Å². The van der Waals surface area contributed by atoms with Crippen LogP contribution in [0.3, 0.4) is 0 Å². The monoisotopic (exact) mass is 261 g/mol. The second-order valence-corrected chi connectivity index (χ2v) is 2.98. The van der Waals surface area contributed by atoms with Crippen LogP contribution in [0.15, 0.2) is 41.2 Å². The average Bonchev–Trinajstić information content (AvgIpc) is 2.67. The van der Waals surface area contributed by atoms with Gasteiger partial charge in [-0.1, -0.05) is 0 Å². The molecule has 0 aliphatic carbocycles. The quantitative estimate of drug-likeness (QED) is 0.831. The van der Waals surface area contributed by atoms with Crippen LogP contribution < -0.4 is 4.74 Å². The minimum atomic E-state index is -2.94. The van der Waals surface area contributed by atoms with Gasteiger partial charge in [-0.2, -0.15) is 0 Å². The predicted molar refractivity (Wildman–Crippen MR) is 57.8 cm³/mol. The average molecular weight is 262 g/mol. The number of imidazole rings is 1. The van der Waals surface area contributed by atoms with Gasteiger partial charge in [-0.15, -0.1) is 0 Å². The van der Waals surface area contributed by atoms with Crippen molar-refractivity contribution in [3.63, 3.8) is 0 Å². The summed E-state index contributed by atoms with van der Waals surface area (Å²) in [6, 6.07) is -2.73. The van der Waals surface area contributed by atoms with Crippen LogP contribution in [-0.2, 0) is 0 Å². The minimum Gasteiger partial charge on any atom is -0.497 e. The van der Waals surface area contributed by atoms with E-state index in [9.17, 15) is 0 Å². The Labute approximate surface area is 103 Å². The fraction of sp³-hybridized carbons (Fsp3) is 0.100. The van der Waals surface area contributed by atoms with E-state index in [1.54, 1.807) is 0 Å². The lowest BCUT2D eigenvalue weighted by molar-refractivity contribution is 0.415.